The second-order valence-electron chi connectivity index (χ2n) is 6.42. The van der Waals surface area contributed by atoms with Crippen LogP contribution in [0, 0.1) is 12.0 Å². The van der Waals surface area contributed by atoms with E-state index in [4.69, 9.17) is 0 Å². The first kappa shape index (κ1) is 14.4. The van der Waals surface area contributed by atoms with Crippen LogP contribution in [0.4, 0.5) is 0 Å². The third-order valence-electron chi connectivity index (χ3n) is 4.98. The van der Waals surface area contributed by atoms with Crippen LogP contribution in [0.25, 0.3) is 11.1 Å². The van der Waals surface area contributed by atoms with E-state index in [1.165, 1.54) is 55.2 Å². The van der Waals surface area contributed by atoms with Crippen LogP contribution in [-0.4, -0.2) is 0 Å². The molecule has 0 atom stereocenters. The quantitative estimate of drug-likeness (QED) is 0.621. The molecule has 1 aliphatic rings. The van der Waals surface area contributed by atoms with Crippen molar-refractivity contribution in [3.05, 3.63) is 60.2 Å². The lowest BCUT2D eigenvalue weighted by Gasteiger charge is -2.28. The average molecular weight is 277 g/mol. The van der Waals surface area contributed by atoms with Crippen molar-refractivity contribution in [3.8, 4) is 11.1 Å². The zero-order chi connectivity index (χ0) is 14.5. The minimum Gasteiger partial charge on any atom is -0.0654 e. The molecule has 1 aliphatic carbocycles. The summed E-state index contributed by atoms with van der Waals surface area (Å²) in [5.74, 6) is 1.78. The van der Waals surface area contributed by atoms with Crippen molar-refractivity contribution in [1.29, 1.82) is 0 Å². The van der Waals surface area contributed by atoms with Crippen LogP contribution < -0.4 is 0 Å². The van der Waals surface area contributed by atoms with Crippen LogP contribution in [0.15, 0.2) is 48.5 Å². The summed E-state index contributed by atoms with van der Waals surface area (Å²) in [4.78, 5) is 0. The Balaban J connectivity index is 1.65. The van der Waals surface area contributed by atoms with E-state index in [1.807, 2.05) is 12.1 Å². The molecule has 0 heterocycles. The Morgan fingerprint density at radius 2 is 1.48 bits per heavy atom. The van der Waals surface area contributed by atoms with Crippen LogP contribution >= 0.6 is 0 Å². The minimum atomic E-state index is 0.788. The third-order valence-corrected chi connectivity index (χ3v) is 4.98. The summed E-state index contributed by atoms with van der Waals surface area (Å²) in [6.07, 6.45) is 8.38. The van der Waals surface area contributed by atoms with Crippen LogP contribution in [0.3, 0.4) is 0 Å². The first-order chi connectivity index (χ1) is 10.4. The van der Waals surface area contributed by atoms with Gasteiger partial charge in [0.15, 0.2) is 0 Å². The van der Waals surface area contributed by atoms with Crippen LogP contribution in [0.2, 0.25) is 0 Å². The number of hydrogen-bond acceptors (Lipinski definition) is 0. The number of rotatable bonds is 4. The minimum absolute atomic E-state index is 0.788. The summed E-state index contributed by atoms with van der Waals surface area (Å²) in [6, 6.07) is 20.6. The van der Waals surface area contributed by atoms with Crippen LogP contribution in [0.1, 0.15) is 56.9 Å². The summed E-state index contributed by atoms with van der Waals surface area (Å²) >= 11 is 0. The maximum Gasteiger partial charge on any atom is -0.0162 e. The number of benzene rings is 2. The van der Waals surface area contributed by atoms with Crippen molar-refractivity contribution in [1.82, 2.24) is 0 Å². The van der Waals surface area contributed by atoms with Gasteiger partial charge in [-0.05, 0) is 60.3 Å². The molecular weight excluding hydrogens is 252 g/mol. The lowest BCUT2D eigenvalue weighted by molar-refractivity contribution is 0.308. The van der Waals surface area contributed by atoms with Crippen molar-refractivity contribution in [2.45, 2.75) is 51.4 Å². The van der Waals surface area contributed by atoms with Gasteiger partial charge in [-0.2, -0.15) is 0 Å². The SMILES string of the molecule is CCC[C@H]1CC[C@H](c2ccc(-c3cc[c]cc3)cc2)CC1. The molecule has 0 aliphatic heterocycles. The highest BCUT2D eigenvalue weighted by Crippen LogP contribution is 2.37. The highest BCUT2D eigenvalue weighted by Gasteiger charge is 2.21. The van der Waals surface area contributed by atoms with Gasteiger partial charge in [-0.25, -0.2) is 0 Å². The van der Waals surface area contributed by atoms with E-state index in [1.54, 1.807) is 0 Å². The highest BCUT2D eigenvalue weighted by atomic mass is 14.3. The van der Waals surface area contributed by atoms with Crippen molar-refractivity contribution >= 4 is 0 Å². The van der Waals surface area contributed by atoms with Gasteiger partial charge in [0.05, 0.1) is 0 Å². The standard InChI is InChI=1S/C21H25/c1-2-6-17-9-11-19(12-10-17)21-15-13-20(14-16-21)18-7-4-3-5-8-18/h4-5,7-8,13-17,19H,2,6,9-12H2,1H3/t17-,19-. The molecule has 1 saturated carbocycles. The highest BCUT2D eigenvalue weighted by molar-refractivity contribution is 5.63. The lowest BCUT2D eigenvalue weighted by atomic mass is 9.77. The first-order valence-electron chi connectivity index (χ1n) is 8.43. The Morgan fingerprint density at radius 3 is 2.10 bits per heavy atom. The average Bonchev–Trinajstić information content (AvgIpc) is 2.57. The van der Waals surface area contributed by atoms with Gasteiger partial charge >= 0.3 is 0 Å². The van der Waals surface area contributed by atoms with Crippen molar-refractivity contribution < 1.29 is 0 Å². The maximum atomic E-state index is 3.08. The van der Waals surface area contributed by atoms with Gasteiger partial charge in [0.1, 0.15) is 0 Å². The van der Waals surface area contributed by atoms with Gasteiger partial charge < -0.3 is 0 Å². The fourth-order valence-corrected chi connectivity index (χ4v) is 3.72. The molecule has 0 bridgehead atoms. The summed E-state index contributed by atoms with van der Waals surface area (Å²) in [5, 5.41) is 0. The van der Waals surface area contributed by atoms with E-state index in [-0.39, 0.29) is 0 Å². The Morgan fingerprint density at radius 1 is 0.857 bits per heavy atom. The molecule has 0 nitrogen and oxygen atoms in total. The molecule has 0 N–H and O–H groups in total. The van der Waals surface area contributed by atoms with Gasteiger partial charge in [0, 0.05) is 0 Å². The predicted octanol–water partition coefficient (Wildman–Crippen LogP) is 6.23. The summed E-state index contributed by atoms with van der Waals surface area (Å²) < 4.78 is 0. The van der Waals surface area contributed by atoms with Crippen LogP contribution in [0.5, 0.6) is 0 Å². The van der Waals surface area contributed by atoms with Gasteiger partial charge in [0.25, 0.3) is 0 Å². The zero-order valence-corrected chi connectivity index (χ0v) is 13.0. The summed E-state index contributed by atoms with van der Waals surface area (Å²) in [5.41, 5.74) is 4.13. The second-order valence-corrected chi connectivity index (χ2v) is 6.42. The molecule has 0 heteroatoms. The molecule has 2 aromatic carbocycles. The van der Waals surface area contributed by atoms with Gasteiger partial charge in [-0.15, -0.1) is 0 Å². The monoisotopic (exact) mass is 277 g/mol. The Bertz CT molecular complexity index is 530. The Kier molecular flexibility index (Phi) is 4.75. The molecule has 2 aromatic rings. The molecule has 0 saturated heterocycles. The number of hydrogen-bond donors (Lipinski definition) is 0. The van der Waals surface area contributed by atoms with Crippen molar-refractivity contribution in [3.63, 3.8) is 0 Å². The lowest BCUT2D eigenvalue weighted by Crippen LogP contribution is -2.13. The van der Waals surface area contributed by atoms with Crippen LogP contribution in [-0.2, 0) is 0 Å². The molecule has 0 unspecified atom stereocenters. The molecule has 0 amide bonds. The molecular formula is C21H25. The first-order valence-corrected chi connectivity index (χ1v) is 8.43. The van der Waals surface area contributed by atoms with Crippen molar-refractivity contribution in [2.75, 3.05) is 0 Å². The maximum absolute atomic E-state index is 3.08. The fourth-order valence-electron chi connectivity index (χ4n) is 3.72. The van der Waals surface area contributed by atoms with E-state index < -0.39 is 0 Å². The van der Waals surface area contributed by atoms with Gasteiger partial charge in [0.2, 0.25) is 0 Å². The second kappa shape index (κ2) is 6.93. The largest absolute Gasteiger partial charge is 0.0654 e. The van der Waals surface area contributed by atoms with E-state index in [0.717, 1.165) is 11.8 Å². The summed E-state index contributed by atoms with van der Waals surface area (Å²) in [7, 11) is 0. The predicted molar refractivity (Wildman–Crippen MR) is 90.3 cm³/mol. The molecule has 0 aromatic heterocycles. The topological polar surface area (TPSA) is 0 Å². The van der Waals surface area contributed by atoms with E-state index in [0.29, 0.717) is 0 Å². The van der Waals surface area contributed by atoms with Crippen molar-refractivity contribution in [2.24, 2.45) is 5.92 Å². The van der Waals surface area contributed by atoms with E-state index in [9.17, 15) is 0 Å². The normalized spacial score (nSPS) is 22.1. The zero-order valence-electron chi connectivity index (χ0n) is 13.0. The smallest absolute Gasteiger partial charge is 0.0162 e. The molecule has 3 rings (SSSR count). The van der Waals surface area contributed by atoms with Gasteiger partial charge in [-0.1, -0.05) is 68.3 Å². The molecule has 0 spiro atoms. The molecule has 1 radical (unpaired) electrons. The van der Waals surface area contributed by atoms with E-state index >= 15 is 0 Å². The summed E-state index contributed by atoms with van der Waals surface area (Å²) in [6.45, 7) is 2.31. The molecule has 1 fully saturated rings. The third kappa shape index (κ3) is 3.56. The fraction of sp³-hybridized carbons (Fsp3) is 0.429. The molecule has 109 valence electrons. The Hall–Kier alpha value is -1.56. The molecule has 21 heavy (non-hydrogen) atoms. The van der Waals surface area contributed by atoms with Gasteiger partial charge in [-0.3, -0.25) is 0 Å². The van der Waals surface area contributed by atoms with E-state index in [2.05, 4.69) is 49.4 Å². The Labute approximate surface area is 129 Å².